The minimum atomic E-state index is -0.326. The Kier molecular flexibility index (Phi) is 5.99. The summed E-state index contributed by atoms with van der Waals surface area (Å²) in [5.41, 5.74) is 13.0. The Balaban J connectivity index is 1.14. The molecule has 7 aromatic carbocycles. The second kappa shape index (κ2) is 10.2. The smallest absolute Gasteiger partial charge is 0.197 e. The average molecular weight is 658 g/mol. The third-order valence-electron chi connectivity index (χ3n) is 11.7. The van der Waals surface area contributed by atoms with Crippen LogP contribution >= 0.6 is 0 Å². The lowest BCUT2D eigenvalue weighted by Gasteiger charge is -2.43. The number of fused-ring (bicyclic) bond motifs is 9. The van der Waals surface area contributed by atoms with Crippen LogP contribution < -0.4 is 4.90 Å². The molecule has 1 heterocycles. The van der Waals surface area contributed by atoms with E-state index in [0.717, 1.165) is 38.5 Å². The molecule has 0 aromatic heterocycles. The van der Waals surface area contributed by atoms with Gasteiger partial charge in [0.2, 0.25) is 0 Å². The van der Waals surface area contributed by atoms with Crippen molar-refractivity contribution in [1.82, 2.24) is 0 Å². The molecule has 3 nitrogen and oxygen atoms in total. The Hall–Kier alpha value is -6.06. The van der Waals surface area contributed by atoms with Crippen LogP contribution in [0.15, 0.2) is 139 Å². The van der Waals surface area contributed by atoms with Crippen LogP contribution in [0.5, 0.6) is 0 Å². The summed E-state index contributed by atoms with van der Waals surface area (Å²) in [6.45, 7) is 9.37. The Labute approximate surface area is 297 Å². The lowest BCUT2D eigenvalue weighted by Crippen LogP contribution is -2.31. The molecule has 0 amide bonds. The summed E-state index contributed by atoms with van der Waals surface area (Å²) in [7, 11) is 0. The van der Waals surface area contributed by atoms with Gasteiger partial charge in [0, 0.05) is 27.6 Å². The molecular formula is C48H35NO2. The predicted molar refractivity (Wildman–Crippen MR) is 209 cm³/mol. The highest BCUT2D eigenvalue weighted by Crippen LogP contribution is 2.58. The number of rotatable bonds is 2. The Bertz CT molecular complexity index is 2670. The first-order chi connectivity index (χ1) is 24.6. The molecule has 0 fully saturated rings. The number of anilines is 3. The normalized spacial score (nSPS) is 16.2. The van der Waals surface area contributed by atoms with Crippen LogP contribution in [0, 0.1) is 0 Å². The van der Waals surface area contributed by atoms with E-state index < -0.39 is 0 Å². The summed E-state index contributed by atoms with van der Waals surface area (Å²) in [4.78, 5) is 29.6. The zero-order valence-corrected chi connectivity index (χ0v) is 29.0. The number of nitrogens with zero attached hydrogens (tertiary/aromatic N) is 1. The van der Waals surface area contributed by atoms with Crippen molar-refractivity contribution in [3.05, 3.63) is 178 Å². The summed E-state index contributed by atoms with van der Waals surface area (Å²) in [5.74, 6) is -0.417. The fourth-order valence-electron chi connectivity index (χ4n) is 9.12. The van der Waals surface area contributed by atoms with Crippen LogP contribution in [-0.2, 0) is 10.8 Å². The third-order valence-corrected chi connectivity index (χ3v) is 11.7. The number of allylic oxidation sites excluding steroid dienone is 1. The predicted octanol–water partition coefficient (Wildman–Crippen LogP) is 11.9. The van der Waals surface area contributed by atoms with Crippen molar-refractivity contribution in [2.45, 2.75) is 38.5 Å². The number of Topliss-reactive ketones (excluding diaryl/α,β-unsaturated/α-hetero) is 2. The minimum Gasteiger partial charge on any atom is -0.310 e. The first-order valence-electron chi connectivity index (χ1n) is 17.7. The second-order valence-corrected chi connectivity index (χ2v) is 15.3. The monoisotopic (exact) mass is 657 g/mol. The summed E-state index contributed by atoms with van der Waals surface area (Å²) < 4.78 is 0. The van der Waals surface area contributed by atoms with Crippen LogP contribution in [0.4, 0.5) is 17.1 Å². The van der Waals surface area contributed by atoms with Gasteiger partial charge in [0.25, 0.3) is 0 Å². The van der Waals surface area contributed by atoms with Crippen LogP contribution in [0.2, 0.25) is 0 Å². The molecule has 3 aliphatic rings. The van der Waals surface area contributed by atoms with Gasteiger partial charge in [-0.1, -0.05) is 113 Å². The highest BCUT2D eigenvalue weighted by molar-refractivity contribution is 6.42. The molecule has 0 saturated carbocycles. The number of ketones is 2. The van der Waals surface area contributed by atoms with Crippen molar-refractivity contribution < 1.29 is 9.59 Å². The topological polar surface area (TPSA) is 37.4 Å². The molecule has 10 rings (SSSR count). The van der Waals surface area contributed by atoms with Crippen molar-refractivity contribution in [2.75, 3.05) is 4.90 Å². The maximum atomic E-state index is 13.6. The summed E-state index contributed by atoms with van der Waals surface area (Å²) >= 11 is 0. The number of hydrogen-bond donors (Lipinski definition) is 0. The van der Waals surface area contributed by atoms with Crippen LogP contribution in [0.1, 0.15) is 76.2 Å². The molecule has 244 valence electrons. The van der Waals surface area contributed by atoms with Crippen molar-refractivity contribution in [2.24, 2.45) is 0 Å². The molecule has 0 radical (unpaired) electrons. The number of para-hydroxylation sites is 1. The van der Waals surface area contributed by atoms with Crippen molar-refractivity contribution in [3.63, 3.8) is 0 Å². The molecule has 0 spiro atoms. The molecule has 2 aliphatic carbocycles. The molecular weight excluding hydrogens is 623 g/mol. The Morgan fingerprint density at radius 1 is 0.490 bits per heavy atom. The molecule has 3 heteroatoms. The van der Waals surface area contributed by atoms with Gasteiger partial charge in [0.1, 0.15) is 0 Å². The molecule has 0 bridgehead atoms. The van der Waals surface area contributed by atoms with Gasteiger partial charge in [-0.25, -0.2) is 0 Å². The number of carbonyl (C=O) groups excluding carboxylic acids is 2. The van der Waals surface area contributed by atoms with Crippen LogP contribution in [-0.4, -0.2) is 11.6 Å². The zero-order chi connectivity index (χ0) is 34.8. The second-order valence-electron chi connectivity index (χ2n) is 15.3. The molecule has 7 aromatic rings. The first-order valence-corrected chi connectivity index (χ1v) is 17.7. The maximum absolute atomic E-state index is 13.6. The van der Waals surface area contributed by atoms with E-state index in [1.807, 2.05) is 36.4 Å². The number of hydrogen-bond acceptors (Lipinski definition) is 3. The van der Waals surface area contributed by atoms with E-state index in [0.29, 0.717) is 11.1 Å². The molecule has 1 aliphatic heterocycles. The van der Waals surface area contributed by atoms with Gasteiger partial charge in [-0.2, -0.15) is 0 Å². The quantitative estimate of drug-likeness (QED) is 0.137. The molecule has 0 atom stereocenters. The fraction of sp³-hybridized carbons (Fsp3) is 0.125. The molecule has 0 saturated heterocycles. The van der Waals surface area contributed by atoms with Crippen LogP contribution in [0.25, 0.3) is 38.7 Å². The van der Waals surface area contributed by atoms with Gasteiger partial charge >= 0.3 is 0 Å². The highest BCUT2D eigenvalue weighted by Gasteiger charge is 2.43. The first kappa shape index (κ1) is 29.8. The van der Waals surface area contributed by atoms with Gasteiger partial charge in [-0.15, -0.1) is 0 Å². The van der Waals surface area contributed by atoms with Crippen LogP contribution in [0.3, 0.4) is 0 Å². The largest absolute Gasteiger partial charge is 0.310 e. The van der Waals surface area contributed by atoms with Gasteiger partial charge in [0.05, 0.1) is 16.9 Å². The Morgan fingerprint density at radius 2 is 1.16 bits per heavy atom. The number of carbonyl (C=O) groups is 2. The summed E-state index contributed by atoms with van der Waals surface area (Å²) in [6, 6.07) is 46.7. The summed E-state index contributed by atoms with van der Waals surface area (Å²) in [5, 5.41) is 4.15. The highest BCUT2D eigenvalue weighted by atomic mass is 16.2. The lowest BCUT2D eigenvalue weighted by atomic mass is 9.70. The van der Waals surface area contributed by atoms with Crippen molar-refractivity contribution >= 4 is 56.2 Å². The van der Waals surface area contributed by atoms with E-state index in [1.165, 1.54) is 39.1 Å². The van der Waals surface area contributed by atoms with E-state index in [4.69, 9.17) is 0 Å². The van der Waals surface area contributed by atoms with Gasteiger partial charge in [-0.05, 0) is 115 Å². The Morgan fingerprint density at radius 3 is 1.88 bits per heavy atom. The SMILES string of the molecule is CC1(C)c2ccccc2-c2cc3c(cc21)N(c1ccccc1)c1ccc2cc(C=C4C(=O)c5cc6ccccc6cc5C4=O)ccc2c1C3(C)C. The maximum Gasteiger partial charge on any atom is 0.197 e. The zero-order valence-electron chi connectivity index (χ0n) is 29.0. The van der Waals surface area contributed by atoms with Crippen molar-refractivity contribution in [1.29, 1.82) is 0 Å². The number of benzene rings is 7. The average Bonchev–Trinajstić information content (AvgIpc) is 3.51. The van der Waals surface area contributed by atoms with Crippen molar-refractivity contribution in [3.8, 4) is 11.1 Å². The third kappa shape index (κ3) is 4.06. The standard InChI is InChI=1S/C48H35NO2/c1-47(2)39-17-11-10-16-34(39)35-26-41-43(27-40(35)47)49(32-14-6-5-7-15-32)42-21-19-31-22-28(18-20-33(31)44(42)48(41,3)4)23-38-45(50)36-24-29-12-8-9-13-30(29)25-37(36)46(38)51/h5-27H,1-4H3. The van der Waals surface area contributed by atoms with E-state index >= 15 is 0 Å². The van der Waals surface area contributed by atoms with E-state index in [2.05, 4.69) is 130 Å². The van der Waals surface area contributed by atoms with Gasteiger partial charge in [-0.3, -0.25) is 9.59 Å². The van der Waals surface area contributed by atoms with E-state index in [1.54, 1.807) is 6.08 Å². The molecule has 0 unspecified atom stereocenters. The van der Waals surface area contributed by atoms with Gasteiger partial charge in [0.15, 0.2) is 11.6 Å². The lowest BCUT2D eigenvalue weighted by molar-refractivity contribution is 0.0990. The van der Waals surface area contributed by atoms with E-state index in [-0.39, 0.29) is 28.0 Å². The molecule has 0 N–H and O–H groups in total. The summed E-state index contributed by atoms with van der Waals surface area (Å²) in [6.07, 6.45) is 1.77. The van der Waals surface area contributed by atoms with Gasteiger partial charge < -0.3 is 4.90 Å². The van der Waals surface area contributed by atoms with E-state index in [9.17, 15) is 9.59 Å². The molecule has 51 heavy (non-hydrogen) atoms. The fourth-order valence-corrected chi connectivity index (χ4v) is 9.12. The minimum absolute atomic E-state index is 0.112.